The van der Waals surface area contributed by atoms with Crippen molar-refractivity contribution in [3.63, 3.8) is 0 Å². The topological polar surface area (TPSA) is 68.9 Å². The minimum atomic E-state index is -4.65. The van der Waals surface area contributed by atoms with E-state index in [0.717, 1.165) is 25.5 Å². The molecule has 2 N–H and O–H groups in total. The first kappa shape index (κ1) is 16.7. The lowest BCUT2D eigenvalue weighted by Gasteiger charge is -2.29. The summed E-state index contributed by atoms with van der Waals surface area (Å²) in [6, 6.07) is 7.04. The Bertz CT molecular complexity index is 792. The van der Waals surface area contributed by atoms with Crippen LogP contribution in [0.4, 0.5) is 13.2 Å². The number of hydrogen-bond acceptors (Lipinski definition) is 4. The third-order valence-corrected chi connectivity index (χ3v) is 4.33. The number of alkyl halides is 3. The van der Waals surface area contributed by atoms with Crippen molar-refractivity contribution in [3.05, 3.63) is 41.1 Å². The fraction of sp³-hybridized carbons (Fsp3) is 0.412. The van der Waals surface area contributed by atoms with E-state index >= 15 is 0 Å². The maximum atomic E-state index is 13.2. The van der Waals surface area contributed by atoms with Crippen LogP contribution in [0.1, 0.15) is 42.2 Å². The normalized spacial score (nSPS) is 19.9. The van der Waals surface area contributed by atoms with E-state index in [2.05, 4.69) is 10.3 Å². The molecule has 1 aliphatic rings. The van der Waals surface area contributed by atoms with Gasteiger partial charge in [-0.1, -0.05) is 18.6 Å². The van der Waals surface area contributed by atoms with Gasteiger partial charge in [0.15, 0.2) is 0 Å². The molecule has 0 aliphatic carbocycles. The molecule has 0 saturated carbocycles. The summed E-state index contributed by atoms with van der Waals surface area (Å²) in [5, 5.41) is 23.3. The zero-order valence-electron chi connectivity index (χ0n) is 12.8. The van der Waals surface area contributed by atoms with Gasteiger partial charge in [0.1, 0.15) is 11.8 Å². The van der Waals surface area contributed by atoms with E-state index < -0.39 is 18.0 Å². The van der Waals surface area contributed by atoms with Crippen LogP contribution in [0, 0.1) is 11.3 Å². The lowest BCUT2D eigenvalue weighted by Crippen LogP contribution is -2.39. The van der Waals surface area contributed by atoms with Crippen LogP contribution in [0.2, 0.25) is 0 Å². The second-order valence-electron chi connectivity index (χ2n) is 5.91. The standard InChI is InChI=1S/C17H16F3N3O/c18-17(19,20)14-8-12(16(24)13-6-1-2-7-22-13)11-5-3-4-10(9-21)15(11)23-14/h3-5,8,13,16,22,24H,1-2,6-7H2. The summed E-state index contributed by atoms with van der Waals surface area (Å²) in [5.74, 6) is 0. The maximum Gasteiger partial charge on any atom is 0.433 e. The molecule has 4 nitrogen and oxygen atoms in total. The van der Waals surface area contributed by atoms with Gasteiger partial charge in [0.25, 0.3) is 0 Å². The Hall–Kier alpha value is -2.17. The highest BCUT2D eigenvalue weighted by atomic mass is 19.4. The molecule has 126 valence electrons. The number of aromatic nitrogens is 1. The highest BCUT2D eigenvalue weighted by Gasteiger charge is 2.35. The average molecular weight is 335 g/mol. The molecule has 1 saturated heterocycles. The predicted molar refractivity (Wildman–Crippen MR) is 82.1 cm³/mol. The summed E-state index contributed by atoms with van der Waals surface area (Å²) < 4.78 is 39.6. The number of aliphatic hydroxyl groups is 1. The summed E-state index contributed by atoms with van der Waals surface area (Å²) in [6.07, 6.45) is -3.17. The number of nitrogens with one attached hydrogen (secondary N) is 1. The average Bonchev–Trinajstić information content (AvgIpc) is 2.59. The first-order valence-corrected chi connectivity index (χ1v) is 7.74. The van der Waals surface area contributed by atoms with Crippen LogP contribution in [0.3, 0.4) is 0 Å². The summed E-state index contributed by atoms with van der Waals surface area (Å²) in [6.45, 7) is 0.723. The molecule has 0 spiro atoms. The van der Waals surface area contributed by atoms with Gasteiger partial charge in [-0.25, -0.2) is 4.98 Å². The van der Waals surface area contributed by atoms with Crippen LogP contribution in [-0.4, -0.2) is 22.7 Å². The van der Waals surface area contributed by atoms with Crippen LogP contribution in [0.15, 0.2) is 24.3 Å². The lowest BCUT2D eigenvalue weighted by molar-refractivity contribution is -0.141. The Morgan fingerprint density at radius 3 is 2.75 bits per heavy atom. The Morgan fingerprint density at radius 1 is 1.33 bits per heavy atom. The summed E-state index contributed by atoms with van der Waals surface area (Å²) >= 11 is 0. The van der Waals surface area contributed by atoms with Crippen molar-refractivity contribution < 1.29 is 18.3 Å². The smallest absolute Gasteiger partial charge is 0.387 e. The number of rotatable bonds is 2. The number of fused-ring (bicyclic) bond motifs is 1. The zero-order valence-corrected chi connectivity index (χ0v) is 12.8. The van der Waals surface area contributed by atoms with E-state index in [1.165, 1.54) is 6.07 Å². The molecule has 1 fully saturated rings. The zero-order chi connectivity index (χ0) is 17.3. The summed E-state index contributed by atoms with van der Waals surface area (Å²) in [4.78, 5) is 3.63. The van der Waals surface area contributed by atoms with E-state index in [0.29, 0.717) is 11.8 Å². The Kier molecular flexibility index (Phi) is 4.43. The largest absolute Gasteiger partial charge is 0.433 e. The molecular weight excluding hydrogens is 319 g/mol. The second-order valence-corrected chi connectivity index (χ2v) is 5.91. The number of piperidine rings is 1. The fourth-order valence-electron chi connectivity index (χ4n) is 3.12. The van der Waals surface area contributed by atoms with E-state index in [9.17, 15) is 18.3 Å². The van der Waals surface area contributed by atoms with Crippen LogP contribution < -0.4 is 5.32 Å². The molecule has 2 atom stereocenters. The number of para-hydroxylation sites is 1. The van der Waals surface area contributed by atoms with Crippen molar-refractivity contribution in [2.45, 2.75) is 37.6 Å². The van der Waals surface area contributed by atoms with Crippen molar-refractivity contribution in [1.29, 1.82) is 5.26 Å². The molecule has 2 unspecified atom stereocenters. The van der Waals surface area contributed by atoms with Crippen molar-refractivity contribution in [3.8, 4) is 6.07 Å². The van der Waals surface area contributed by atoms with Gasteiger partial charge < -0.3 is 10.4 Å². The monoisotopic (exact) mass is 335 g/mol. The van der Waals surface area contributed by atoms with Crippen LogP contribution in [0.25, 0.3) is 10.9 Å². The Balaban J connectivity index is 2.19. The number of halogens is 3. The number of nitrogens with zero attached hydrogens (tertiary/aromatic N) is 2. The first-order valence-electron chi connectivity index (χ1n) is 7.74. The SMILES string of the molecule is N#Cc1cccc2c(C(O)C3CCCCN3)cc(C(F)(F)F)nc12. The maximum absolute atomic E-state index is 13.2. The van der Waals surface area contributed by atoms with Crippen molar-refractivity contribution >= 4 is 10.9 Å². The summed E-state index contributed by atoms with van der Waals surface area (Å²) in [7, 11) is 0. The van der Waals surface area contributed by atoms with Gasteiger partial charge in [-0.15, -0.1) is 0 Å². The van der Waals surface area contributed by atoms with Crippen molar-refractivity contribution in [2.24, 2.45) is 0 Å². The molecule has 7 heteroatoms. The van der Waals surface area contributed by atoms with Crippen LogP contribution in [-0.2, 0) is 6.18 Å². The van der Waals surface area contributed by atoms with E-state index in [-0.39, 0.29) is 22.7 Å². The third-order valence-electron chi connectivity index (χ3n) is 4.33. The number of pyridine rings is 1. The van der Waals surface area contributed by atoms with Gasteiger partial charge in [-0.2, -0.15) is 18.4 Å². The Labute approximate surface area is 136 Å². The fourth-order valence-corrected chi connectivity index (χ4v) is 3.12. The van der Waals surface area contributed by atoms with Crippen LogP contribution in [0.5, 0.6) is 0 Å². The molecule has 1 aliphatic heterocycles. The molecule has 24 heavy (non-hydrogen) atoms. The molecule has 3 rings (SSSR count). The number of benzene rings is 1. The van der Waals surface area contributed by atoms with Crippen molar-refractivity contribution in [2.75, 3.05) is 6.54 Å². The van der Waals surface area contributed by atoms with E-state index in [1.54, 1.807) is 12.1 Å². The molecule has 1 aromatic heterocycles. The van der Waals surface area contributed by atoms with E-state index in [4.69, 9.17) is 5.26 Å². The molecule has 0 radical (unpaired) electrons. The predicted octanol–water partition coefficient (Wildman–Crippen LogP) is 3.30. The Morgan fingerprint density at radius 2 is 2.12 bits per heavy atom. The van der Waals surface area contributed by atoms with Crippen molar-refractivity contribution in [1.82, 2.24) is 10.3 Å². The van der Waals surface area contributed by atoms with Gasteiger partial charge in [-0.3, -0.25) is 0 Å². The molecule has 2 aromatic rings. The number of aliphatic hydroxyl groups excluding tert-OH is 1. The lowest BCUT2D eigenvalue weighted by atomic mass is 9.92. The molecule has 1 aromatic carbocycles. The highest BCUT2D eigenvalue weighted by Crippen LogP contribution is 2.35. The van der Waals surface area contributed by atoms with E-state index in [1.807, 2.05) is 6.07 Å². The van der Waals surface area contributed by atoms with Gasteiger partial charge in [0.2, 0.25) is 0 Å². The van der Waals surface area contributed by atoms with Gasteiger partial charge in [0, 0.05) is 11.4 Å². The van der Waals surface area contributed by atoms with Gasteiger partial charge >= 0.3 is 6.18 Å². The molecule has 0 bridgehead atoms. The van der Waals surface area contributed by atoms with Crippen LogP contribution >= 0.6 is 0 Å². The molecular formula is C17H16F3N3O. The van der Waals surface area contributed by atoms with Gasteiger partial charge in [0.05, 0.1) is 17.2 Å². The third kappa shape index (κ3) is 3.07. The minimum absolute atomic E-state index is 0.0281. The molecule has 0 amide bonds. The number of nitriles is 1. The second kappa shape index (κ2) is 6.38. The summed E-state index contributed by atoms with van der Waals surface area (Å²) in [5.41, 5.74) is -0.908. The number of hydrogen-bond donors (Lipinski definition) is 2. The first-order chi connectivity index (χ1) is 11.4. The highest BCUT2D eigenvalue weighted by molar-refractivity contribution is 5.87. The molecule has 2 heterocycles. The quantitative estimate of drug-likeness (QED) is 0.883. The minimum Gasteiger partial charge on any atom is -0.387 e. The van der Waals surface area contributed by atoms with Gasteiger partial charge in [-0.05, 0) is 37.1 Å².